The fourth-order valence-corrected chi connectivity index (χ4v) is 4.19. The van der Waals surface area contributed by atoms with E-state index in [2.05, 4.69) is 0 Å². The lowest BCUT2D eigenvalue weighted by molar-refractivity contribution is -0.136. The summed E-state index contributed by atoms with van der Waals surface area (Å²) in [4.78, 5) is 28.2. The van der Waals surface area contributed by atoms with Gasteiger partial charge in [0.2, 0.25) is 21.8 Å². The molecule has 0 N–H and O–H groups in total. The maximum Gasteiger partial charge on any atom is 0.228 e. The number of carbonyl (C=O) groups is 2. The number of sulfonamides is 1. The third kappa shape index (κ3) is 3.96. The predicted octanol–water partition coefficient (Wildman–Crippen LogP) is 0.797. The van der Waals surface area contributed by atoms with Crippen LogP contribution in [0.3, 0.4) is 0 Å². The number of anilines is 1. The lowest BCUT2D eigenvalue weighted by Crippen LogP contribution is -2.51. The molecule has 9 heteroatoms. The molecule has 2 aliphatic rings. The van der Waals surface area contributed by atoms with Crippen LogP contribution in [0, 0.1) is 5.92 Å². The molecule has 0 bridgehead atoms. The van der Waals surface area contributed by atoms with E-state index in [9.17, 15) is 18.0 Å². The Hall–Kier alpha value is -1.64. The van der Waals surface area contributed by atoms with Gasteiger partial charge in [-0.05, 0) is 24.3 Å². The molecular weight excluding hydrogens is 366 g/mol. The Bertz CT molecular complexity index is 773. The van der Waals surface area contributed by atoms with Gasteiger partial charge in [-0.15, -0.1) is 0 Å². The normalized spacial score (nSPS) is 22.5. The second kappa shape index (κ2) is 6.93. The highest BCUT2D eigenvalue weighted by molar-refractivity contribution is 7.88. The molecule has 2 heterocycles. The Morgan fingerprint density at radius 2 is 1.72 bits per heavy atom. The maximum absolute atomic E-state index is 12.7. The van der Waals surface area contributed by atoms with Crippen LogP contribution in [0.4, 0.5) is 5.69 Å². The van der Waals surface area contributed by atoms with Crippen LogP contribution in [0.2, 0.25) is 5.02 Å². The Morgan fingerprint density at radius 1 is 1.12 bits per heavy atom. The summed E-state index contributed by atoms with van der Waals surface area (Å²) in [5, 5.41) is 0.590. The maximum atomic E-state index is 12.7. The molecule has 1 unspecified atom stereocenters. The number of amides is 2. The quantitative estimate of drug-likeness (QED) is 0.771. The smallest absolute Gasteiger partial charge is 0.228 e. The Morgan fingerprint density at radius 3 is 2.28 bits per heavy atom. The van der Waals surface area contributed by atoms with E-state index in [0.717, 1.165) is 5.69 Å². The summed E-state index contributed by atoms with van der Waals surface area (Å²) < 4.78 is 24.5. The largest absolute Gasteiger partial charge is 0.340 e. The van der Waals surface area contributed by atoms with Crippen molar-refractivity contribution in [1.29, 1.82) is 0 Å². The molecule has 0 saturated carbocycles. The highest BCUT2D eigenvalue weighted by atomic mass is 35.5. The van der Waals surface area contributed by atoms with Gasteiger partial charge in [-0.25, -0.2) is 8.42 Å². The summed E-state index contributed by atoms with van der Waals surface area (Å²) in [5.41, 5.74) is 0.728. The Kier molecular flexibility index (Phi) is 5.04. The van der Waals surface area contributed by atoms with E-state index in [0.29, 0.717) is 37.7 Å². The summed E-state index contributed by atoms with van der Waals surface area (Å²) in [6.45, 7) is 1.65. The first-order valence-electron chi connectivity index (χ1n) is 8.05. The minimum absolute atomic E-state index is 0.0852. The van der Waals surface area contributed by atoms with E-state index in [1.54, 1.807) is 34.1 Å². The average Bonchev–Trinajstić information content (AvgIpc) is 2.96. The second-order valence-corrected chi connectivity index (χ2v) is 8.79. The Labute approximate surface area is 152 Å². The van der Waals surface area contributed by atoms with Gasteiger partial charge in [-0.3, -0.25) is 9.59 Å². The summed E-state index contributed by atoms with van der Waals surface area (Å²) in [6, 6.07) is 6.95. The van der Waals surface area contributed by atoms with Gasteiger partial charge < -0.3 is 9.80 Å². The minimum Gasteiger partial charge on any atom is -0.340 e. The fraction of sp³-hybridized carbons (Fsp3) is 0.500. The van der Waals surface area contributed by atoms with Gasteiger partial charge in [-0.2, -0.15) is 4.31 Å². The van der Waals surface area contributed by atoms with Crippen LogP contribution in [-0.4, -0.2) is 68.4 Å². The van der Waals surface area contributed by atoms with E-state index < -0.39 is 15.9 Å². The zero-order chi connectivity index (χ0) is 18.2. The molecule has 2 amide bonds. The first-order valence-corrected chi connectivity index (χ1v) is 10.3. The highest BCUT2D eigenvalue weighted by Crippen LogP contribution is 2.27. The molecule has 25 heavy (non-hydrogen) atoms. The van der Waals surface area contributed by atoms with E-state index in [1.807, 2.05) is 0 Å². The topological polar surface area (TPSA) is 78.0 Å². The molecule has 3 rings (SSSR count). The molecule has 0 aliphatic carbocycles. The van der Waals surface area contributed by atoms with Crippen LogP contribution in [0.15, 0.2) is 24.3 Å². The minimum atomic E-state index is -3.23. The van der Waals surface area contributed by atoms with E-state index in [4.69, 9.17) is 11.6 Å². The summed E-state index contributed by atoms with van der Waals surface area (Å²) in [7, 11) is -3.23. The van der Waals surface area contributed by atoms with E-state index >= 15 is 0 Å². The van der Waals surface area contributed by atoms with Gasteiger partial charge in [0.05, 0.1) is 12.2 Å². The summed E-state index contributed by atoms with van der Waals surface area (Å²) >= 11 is 5.87. The zero-order valence-electron chi connectivity index (χ0n) is 13.9. The number of rotatable bonds is 3. The molecule has 0 radical (unpaired) electrons. The first kappa shape index (κ1) is 18.2. The van der Waals surface area contributed by atoms with Crippen LogP contribution in [0.25, 0.3) is 0 Å². The second-order valence-electron chi connectivity index (χ2n) is 6.37. The molecule has 136 valence electrons. The van der Waals surface area contributed by atoms with Crippen molar-refractivity contribution in [2.75, 3.05) is 43.9 Å². The highest BCUT2D eigenvalue weighted by Gasteiger charge is 2.38. The number of piperazine rings is 1. The molecule has 0 spiro atoms. The molecule has 7 nitrogen and oxygen atoms in total. The molecular formula is C16H20ClN3O4S. The van der Waals surface area contributed by atoms with Crippen molar-refractivity contribution in [3.8, 4) is 0 Å². The van der Waals surface area contributed by atoms with Crippen molar-refractivity contribution in [1.82, 2.24) is 9.21 Å². The molecule has 2 fully saturated rings. The number of hydrogen-bond acceptors (Lipinski definition) is 4. The zero-order valence-corrected chi connectivity index (χ0v) is 15.5. The molecule has 2 aliphatic heterocycles. The van der Waals surface area contributed by atoms with Crippen molar-refractivity contribution in [2.24, 2.45) is 5.92 Å². The van der Waals surface area contributed by atoms with Crippen LogP contribution in [-0.2, 0) is 19.6 Å². The number of nitrogens with zero attached hydrogens (tertiary/aromatic N) is 3. The summed E-state index contributed by atoms with van der Waals surface area (Å²) in [6.07, 6.45) is 1.35. The third-order valence-corrected chi connectivity index (χ3v) is 6.19. The van der Waals surface area contributed by atoms with Crippen molar-refractivity contribution < 1.29 is 18.0 Å². The number of carbonyl (C=O) groups excluding carboxylic acids is 2. The predicted molar refractivity (Wildman–Crippen MR) is 94.9 cm³/mol. The lowest BCUT2D eigenvalue weighted by atomic mass is 10.1. The van der Waals surface area contributed by atoms with Crippen molar-refractivity contribution >= 4 is 39.1 Å². The van der Waals surface area contributed by atoms with Crippen LogP contribution in [0.5, 0.6) is 0 Å². The molecule has 1 atom stereocenters. The monoisotopic (exact) mass is 385 g/mol. The van der Waals surface area contributed by atoms with Crippen molar-refractivity contribution in [3.05, 3.63) is 29.3 Å². The lowest BCUT2D eigenvalue weighted by Gasteiger charge is -2.34. The van der Waals surface area contributed by atoms with Gasteiger partial charge in [0.1, 0.15) is 0 Å². The van der Waals surface area contributed by atoms with Crippen LogP contribution in [0.1, 0.15) is 6.42 Å². The fourth-order valence-electron chi connectivity index (χ4n) is 3.24. The van der Waals surface area contributed by atoms with E-state index in [1.165, 1.54) is 10.6 Å². The number of benzene rings is 1. The SMILES string of the molecule is CS(=O)(=O)N1CCN(C(=O)C2CC(=O)N(c3ccc(Cl)cc3)C2)CC1. The standard InChI is InChI=1S/C16H20ClN3O4S/c1-25(23,24)19-8-6-18(7-9-19)16(22)12-10-15(21)20(11-12)14-4-2-13(17)3-5-14/h2-5,12H,6-11H2,1H3. The third-order valence-electron chi connectivity index (χ3n) is 4.63. The summed E-state index contributed by atoms with van der Waals surface area (Å²) in [5.74, 6) is -0.568. The molecule has 1 aromatic rings. The van der Waals surface area contributed by atoms with Gasteiger partial charge in [0.15, 0.2) is 0 Å². The number of hydrogen-bond donors (Lipinski definition) is 0. The molecule has 1 aromatic carbocycles. The molecule has 2 saturated heterocycles. The Balaban J connectivity index is 1.63. The van der Waals surface area contributed by atoms with Crippen LogP contribution < -0.4 is 4.90 Å². The van der Waals surface area contributed by atoms with Gasteiger partial charge >= 0.3 is 0 Å². The average molecular weight is 386 g/mol. The van der Waals surface area contributed by atoms with Gasteiger partial charge in [-0.1, -0.05) is 11.6 Å². The van der Waals surface area contributed by atoms with Gasteiger partial charge in [0, 0.05) is 49.9 Å². The van der Waals surface area contributed by atoms with E-state index in [-0.39, 0.29) is 18.2 Å². The van der Waals surface area contributed by atoms with Crippen molar-refractivity contribution in [3.63, 3.8) is 0 Å². The van der Waals surface area contributed by atoms with Crippen molar-refractivity contribution in [2.45, 2.75) is 6.42 Å². The van der Waals surface area contributed by atoms with Gasteiger partial charge in [0.25, 0.3) is 0 Å². The first-order chi connectivity index (χ1) is 11.8. The van der Waals surface area contributed by atoms with Crippen LogP contribution >= 0.6 is 11.6 Å². The number of halogens is 1. The molecule has 0 aromatic heterocycles.